The average Bonchev–Trinajstić information content (AvgIpc) is 3.40. The minimum atomic E-state index is -0.397. The predicted molar refractivity (Wildman–Crippen MR) is 156 cm³/mol. The lowest BCUT2D eigenvalue weighted by Crippen LogP contribution is -2.44. The van der Waals surface area contributed by atoms with E-state index in [0.717, 1.165) is 4.68 Å². The van der Waals surface area contributed by atoms with Crippen molar-refractivity contribution in [1.29, 1.82) is 0 Å². The van der Waals surface area contributed by atoms with Gasteiger partial charge in [0.05, 0.1) is 27.0 Å². The molecule has 40 heavy (non-hydrogen) atoms. The Morgan fingerprint density at radius 3 is 2.30 bits per heavy atom. The maximum Gasteiger partial charge on any atom is 0.282 e. The molecule has 0 bridgehead atoms. The zero-order chi connectivity index (χ0) is 28.7. The number of para-hydroxylation sites is 1. The molecule has 1 aliphatic rings. The van der Waals surface area contributed by atoms with E-state index in [2.05, 4.69) is 10.2 Å². The van der Waals surface area contributed by atoms with Gasteiger partial charge < -0.3 is 5.11 Å². The molecule has 1 aliphatic heterocycles. The van der Waals surface area contributed by atoms with Gasteiger partial charge in [-0.1, -0.05) is 77.3 Å². The number of aromatic nitrogens is 3. The molecule has 11 heteroatoms. The highest BCUT2D eigenvalue weighted by molar-refractivity contribution is 6.40. The van der Waals surface area contributed by atoms with Gasteiger partial charge in [-0.05, 0) is 55.6 Å². The minimum Gasteiger partial charge on any atom is -0.858 e. The van der Waals surface area contributed by atoms with Crippen molar-refractivity contribution >= 4 is 58.5 Å². The van der Waals surface area contributed by atoms with Gasteiger partial charge in [-0.3, -0.25) is 14.2 Å². The van der Waals surface area contributed by atoms with Crippen LogP contribution in [0.5, 0.6) is 5.88 Å². The van der Waals surface area contributed by atoms with Crippen LogP contribution >= 0.6 is 34.8 Å². The molecule has 0 N–H and O–H groups in total. The number of hydrogen-bond donors (Lipinski definition) is 0. The Morgan fingerprint density at radius 2 is 1.62 bits per heavy atom. The van der Waals surface area contributed by atoms with Crippen molar-refractivity contribution in [2.45, 2.75) is 13.8 Å². The molecule has 202 valence electrons. The smallest absolute Gasteiger partial charge is 0.282 e. The Hall–Kier alpha value is -4.11. The number of benzene rings is 2. The van der Waals surface area contributed by atoms with Gasteiger partial charge in [-0.2, -0.15) is 10.1 Å². The highest BCUT2D eigenvalue weighted by Crippen LogP contribution is 2.35. The summed E-state index contributed by atoms with van der Waals surface area (Å²) in [6, 6.07) is 12.0. The van der Waals surface area contributed by atoms with Gasteiger partial charge >= 0.3 is 0 Å². The van der Waals surface area contributed by atoms with E-state index >= 15 is 0 Å². The molecule has 0 saturated heterocycles. The first-order chi connectivity index (χ1) is 19.1. The third-order valence-electron chi connectivity index (χ3n) is 6.46. The van der Waals surface area contributed by atoms with Crippen molar-refractivity contribution in [1.82, 2.24) is 14.3 Å². The number of pyridine rings is 1. The zero-order valence-electron chi connectivity index (χ0n) is 21.5. The van der Waals surface area contributed by atoms with Crippen LogP contribution in [0, 0.1) is 13.8 Å². The Bertz CT molecular complexity index is 1900. The fourth-order valence-electron chi connectivity index (χ4n) is 4.43. The molecule has 0 spiro atoms. The summed E-state index contributed by atoms with van der Waals surface area (Å²) >= 11 is 18.5. The highest BCUT2D eigenvalue weighted by Gasteiger charge is 2.29. The van der Waals surface area contributed by atoms with Crippen LogP contribution in [0.1, 0.15) is 27.2 Å². The second-order valence-electron chi connectivity index (χ2n) is 9.00. The molecule has 0 unspecified atom stereocenters. The summed E-state index contributed by atoms with van der Waals surface area (Å²) in [6.07, 6.45) is 8.23. The van der Waals surface area contributed by atoms with Crippen molar-refractivity contribution in [3.05, 3.63) is 119 Å². The van der Waals surface area contributed by atoms with Gasteiger partial charge in [-0.15, -0.1) is 5.10 Å². The van der Waals surface area contributed by atoms with Gasteiger partial charge in [0.25, 0.3) is 11.5 Å². The average molecular weight is 594 g/mol. The lowest BCUT2D eigenvalue weighted by Gasteiger charge is -2.14. The van der Waals surface area contributed by atoms with Crippen molar-refractivity contribution in [2.75, 3.05) is 5.01 Å². The van der Waals surface area contributed by atoms with Crippen LogP contribution in [0.25, 0.3) is 17.8 Å². The molecule has 4 aromatic rings. The number of carbonyl (C=O) groups excluding carboxylic acids is 1. The second kappa shape index (κ2) is 10.8. The van der Waals surface area contributed by atoms with E-state index in [1.807, 2.05) is 18.2 Å². The Kier molecular flexibility index (Phi) is 7.42. The normalized spacial score (nSPS) is 13.6. The first-order valence-corrected chi connectivity index (χ1v) is 13.2. The summed E-state index contributed by atoms with van der Waals surface area (Å²) in [5.41, 5.74) is 2.64. The third-order valence-corrected chi connectivity index (χ3v) is 7.26. The predicted octanol–water partition coefficient (Wildman–Crippen LogP) is 4.47. The summed E-state index contributed by atoms with van der Waals surface area (Å²) < 4.78 is 2.51. The fraction of sp³-hybridized carbons (Fsp3) is 0.103. The zero-order valence-corrected chi connectivity index (χ0v) is 23.8. The van der Waals surface area contributed by atoms with Crippen molar-refractivity contribution in [3.63, 3.8) is 0 Å². The van der Waals surface area contributed by atoms with Crippen LogP contribution in [-0.2, 0) is 7.05 Å². The van der Waals surface area contributed by atoms with Crippen LogP contribution in [0.15, 0.2) is 70.6 Å². The number of anilines is 1. The molecule has 3 heterocycles. The van der Waals surface area contributed by atoms with E-state index in [1.165, 1.54) is 21.7 Å². The summed E-state index contributed by atoms with van der Waals surface area (Å²) in [7, 11) is 1.59. The molecule has 8 nitrogen and oxygen atoms in total. The standard InChI is InChI=1S/C29H22Cl3N5O3/c1-16-20(27(38)35(3)26-24(16)29(40)36(34-26)19-10-6-4-7-11-19)12-8-5-9-13-21-17(2)33-37(28(21)39)25-22(31)14-18(30)15-23(25)32/h4-15,39H,1-3H3/p-1. The number of hydrogen-bond acceptors (Lipinski definition) is 5. The van der Waals surface area contributed by atoms with Gasteiger partial charge in [0.2, 0.25) is 0 Å². The molecule has 5 rings (SSSR count). The van der Waals surface area contributed by atoms with Crippen LogP contribution < -0.4 is 26.4 Å². The van der Waals surface area contributed by atoms with Crippen LogP contribution in [0.2, 0.25) is 15.1 Å². The lowest BCUT2D eigenvalue weighted by atomic mass is 10.1. The van der Waals surface area contributed by atoms with E-state index in [4.69, 9.17) is 34.8 Å². The Labute approximate surface area is 244 Å². The Balaban J connectivity index is 1.45. The number of fused-ring (bicyclic) bond motifs is 1. The lowest BCUT2D eigenvalue weighted by molar-refractivity contribution is -0.278. The maximum atomic E-state index is 13.2. The second-order valence-corrected chi connectivity index (χ2v) is 10.2. The van der Waals surface area contributed by atoms with Crippen LogP contribution in [0.4, 0.5) is 5.69 Å². The number of allylic oxidation sites excluding steroid dienone is 3. The summed E-state index contributed by atoms with van der Waals surface area (Å²) in [6.45, 7) is 3.43. The monoisotopic (exact) mass is 592 g/mol. The van der Waals surface area contributed by atoms with E-state index < -0.39 is 5.88 Å². The summed E-state index contributed by atoms with van der Waals surface area (Å²) in [5.74, 6) is -0.699. The van der Waals surface area contributed by atoms with Gasteiger partial charge in [-0.25, -0.2) is 4.68 Å². The van der Waals surface area contributed by atoms with Gasteiger partial charge in [0.15, 0.2) is 5.49 Å². The quantitative estimate of drug-likeness (QED) is 0.319. The van der Waals surface area contributed by atoms with E-state index in [-0.39, 0.29) is 27.2 Å². The van der Waals surface area contributed by atoms with Crippen molar-refractivity contribution in [3.8, 4) is 11.6 Å². The number of aryl methyl sites for hydroxylation is 1. The number of carbonyl (C=O) groups is 1. The number of halogens is 3. The highest BCUT2D eigenvalue weighted by atomic mass is 35.5. The molecule has 0 radical (unpaired) electrons. The minimum absolute atomic E-state index is 0.201. The molecule has 0 aliphatic carbocycles. The summed E-state index contributed by atoms with van der Waals surface area (Å²) in [4.78, 5) is 26.3. The molecule has 2 aromatic carbocycles. The molecule has 0 fully saturated rings. The maximum absolute atomic E-state index is 13.2. The van der Waals surface area contributed by atoms with E-state index in [1.54, 1.807) is 63.4 Å². The van der Waals surface area contributed by atoms with E-state index in [9.17, 15) is 14.7 Å². The number of nitrogens with zero attached hydrogens (tertiary/aromatic N) is 5. The molecular formula is C29H21Cl3N5O3-. The first-order valence-electron chi connectivity index (χ1n) is 12.0. The van der Waals surface area contributed by atoms with Crippen molar-refractivity contribution < 1.29 is 9.90 Å². The van der Waals surface area contributed by atoms with Crippen molar-refractivity contribution in [2.24, 2.45) is 12.1 Å². The number of amides is 1. The number of rotatable bonds is 5. The van der Waals surface area contributed by atoms with Crippen LogP contribution in [-0.4, -0.2) is 20.3 Å². The molecule has 1 amide bonds. The molecular weight excluding hydrogens is 573 g/mol. The third kappa shape index (κ3) is 4.75. The molecule has 2 aromatic heterocycles. The first kappa shape index (κ1) is 27.5. The largest absolute Gasteiger partial charge is 0.858 e. The summed E-state index contributed by atoms with van der Waals surface area (Å²) in [5, 5.41) is 24.2. The van der Waals surface area contributed by atoms with Gasteiger partial charge in [0, 0.05) is 22.9 Å². The topological polar surface area (TPSA) is 95.5 Å². The van der Waals surface area contributed by atoms with Gasteiger partial charge in [0.1, 0.15) is 5.69 Å². The van der Waals surface area contributed by atoms with E-state index in [0.29, 0.717) is 43.8 Å². The Morgan fingerprint density at radius 1 is 0.950 bits per heavy atom. The molecule has 0 saturated carbocycles. The fourth-order valence-corrected chi connectivity index (χ4v) is 5.41. The molecule has 0 atom stereocenters. The van der Waals surface area contributed by atoms with Crippen LogP contribution in [0.3, 0.4) is 0 Å². The SMILES string of the molecule is Cc1nn(-c2c(Cl)cc(Cl)cc2Cl)c([O-])c1C=CC=CC=c1c(C)c2c(n(C)c1=O)=NN(c1ccccc1)C2=O.